The maximum Gasteiger partial charge on any atom is 0.240 e. The highest BCUT2D eigenvalue weighted by Crippen LogP contribution is 2.20. The normalized spacial score (nSPS) is 22.9. The molecule has 0 aromatic heterocycles. The minimum absolute atomic E-state index is 0.143. The molecule has 2 saturated heterocycles. The molecule has 25 heavy (non-hydrogen) atoms. The summed E-state index contributed by atoms with van der Waals surface area (Å²) >= 11 is 0. The number of piperidine rings is 1. The lowest BCUT2D eigenvalue weighted by atomic mass is 10.00. The predicted octanol–water partition coefficient (Wildman–Crippen LogP) is 2.64. The van der Waals surface area contributed by atoms with Crippen LogP contribution in [0.5, 0.6) is 0 Å². The van der Waals surface area contributed by atoms with Crippen molar-refractivity contribution in [2.75, 3.05) is 45.8 Å². The molecule has 1 atom stereocenters. The Morgan fingerprint density at radius 2 is 1.76 bits per heavy atom. The highest BCUT2D eigenvalue weighted by atomic mass is 16.2. The number of amides is 1. The van der Waals surface area contributed by atoms with Crippen LogP contribution in [0, 0.1) is 0 Å². The molecule has 2 heterocycles. The van der Waals surface area contributed by atoms with Crippen molar-refractivity contribution < 1.29 is 4.79 Å². The van der Waals surface area contributed by atoms with Crippen LogP contribution in [-0.2, 0) is 11.2 Å². The molecule has 4 heteroatoms. The molecule has 4 nitrogen and oxygen atoms in total. The predicted molar refractivity (Wildman–Crippen MR) is 103 cm³/mol. The fourth-order valence-electron chi connectivity index (χ4n) is 4.16. The van der Waals surface area contributed by atoms with Crippen molar-refractivity contribution in [1.29, 1.82) is 0 Å². The van der Waals surface area contributed by atoms with E-state index in [2.05, 4.69) is 52.0 Å². The van der Waals surface area contributed by atoms with E-state index in [1.54, 1.807) is 0 Å². The van der Waals surface area contributed by atoms with Gasteiger partial charge in [-0.2, -0.15) is 0 Å². The van der Waals surface area contributed by atoms with Gasteiger partial charge in [-0.05, 0) is 44.3 Å². The molecule has 1 aromatic carbocycles. The zero-order chi connectivity index (χ0) is 17.5. The van der Waals surface area contributed by atoms with Gasteiger partial charge in [0.15, 0.2) is 0 Å². The molecule has 138 valence electrons. The van der Waals surface area contributed by atoms with E-state index in [0.717, 1.165) is 65.1 Å². The molecule has 0 saturated carbocycles. The summed E-state index contributed by atoms with van der Waals surface area (Å²) in [5.41, 5.74) is 1.40. The summed E-state index contributed by atoms with van der Waals surface area (Å²) in [4.78, 5) is 20.0. The van der Waals surface area contributed by atoms with Gasteiger partial charge in [-0.1, -0.05) is 43.7 Å². The minimum Gasteiger partial charge on any atom is -0.339 e. The lowest BCUT2D eigenvalue weighted by Gasteiger charge is -2.40. The number of hydrogen-bond acceptors (Lipinski definition) is 3. The summed E-state index contributed by atoms with van der Waals surface area (Å²) < 4.78 is 0. The fraction of sp³-hybridized carbons (Fsp3) is 0.667. The maximum atomic E-state index is 13.0. The first-order valence-electron chi connectivity index (χ1n) is 10.1. The van der Waals surface area contributed by atoms with Gasteiger partial charge < -0.3 is 4.90 Å². The lowest BCUT2D eigenvalue weighted by molar-refractivity contribution is -0.140. The van der Waals surface area contributed by atoms with E-state index < -0.39 is 0 Å². The van der Waals surface area contributed by atoms with Crippen LogP contribution >= 0.6 is 0 Å². The number of rotatable bonds is 6. The highest BCUT2D eigenvalue weighted by Gasteiger charge is 2.32. The molecule has 1 unspecified atom stereocenters. The van der Waals surface area contributed by atoms with Gasteiger partial charge in [-0.15, -0.1) is 0 Å². The number of carbonyl (C=O) groups is 1. The van der Waals surface area contributed by atoms with E-state index in [4.69, 9.17) is 0 Å². The van der Waals surface area contributed by atoms with Crippen molar-refractivity contribution in [2.45, 2.75) is 45.1 Å². The number of likely N-dealkylation sites (tertiary alicyclic amines) is 1. The van der Waals surface area contributed by atoms with E-state index in [9.17, 15) is 4.79 Å². The van der Waals surface area contributed by atoms with Gasteiger partial charge in [-0.25, -0.2) is 0 Å². The molecule has 0 radical (unpaired) electrons. The van der Waals surface area contributed by atoms with E-state index in [1.807, 2.05) is 0 Å². The molecule has 0 aliphatic carbocycles. The SMILES string of the molecule is CCCN1CCCCC1C(=O)N1CCN(CCc2ccccc2)CC1. The van der Waals surface area contributed by atoms with Crippen LogP contribution in [0.4, 0.5) is 0 Å². The number of benzene rings is 1. The summed E-state index contributed by atoms with van der Waals surface area (Å²) in [7, 11) is 0. The first-order chi connectivity index (χ1) is 12.3. The van der Waals surface area contributed by atoms with Gasteiger partial charge in [-0.3, -0.25) is 14.6 Å². The monoisotopic (exact) mass is 343 g/mol. The number of carbonyl (C=O) groups excluding carboxylic acids is 1. The summed E-state index contributed by atoms with van der Waals surface area (Å²) in [6, 6.07) is 10.8. The fourth-order valence-corrected chi connectivity index (χ4v) is 4.16. The summed E-state index contributed by atoms with van der Waals surface area (Å²) in [5, 5.41) is 0. The zero-order valence-corrected chi connectivity index (χ0v) is 15.7. The Labute approximate surface area is 152 Å². The first kappa shape index (κ1) is 18.4. The molecule has 2 fully saturated rings. The standard InChI is InChI=1S/C21H33N3O/c1-2-12-23-13-7-6-10-20(23)21(25)24-17-15-22(16-18-24)14-11-19-8-4-3-5-9-19/h3-5,8-9,20H,2,6-7,10-18H2,1H3. The third kappa shape index (κ3) is 5.05. The molecular weight excluding hydrogens is 310 g/mol. The van der Waals surface area contributed by atoms with Gasteiger partial charge in [0, 0.05) is 32.7 Å². The van der Waals surface area contributed by atoms with Crippen LogP contribution in [-0.4, -0.2) is 72.5 Å². The second-order valence-corrected chi connectivity index (χ2v) is 7.45. The van der Waals surface area contributed by atoms with Crippen molar-refractivity contribution in [3.8, 4) is 0 Å². The molecule has 0 bridgehead atoms. The Morgan fingerprint density at radius 1 is 1.00 bits per heavy atom. The van der Waals surface area contributed by atoms with Gasteiger partial charge in [0.2, 0.25) is 5.91 Å². The molecule has 1 amide bonds. The maximum absolute atomic E-state index is 13.0. The number of nitrogens with zero attached hydrogens (tertiary/aromatic N) is 3. The van der Waals surface area contributed by atoms with Crippen molar-refractivity contribution >= 4 is 5.91 Å². The minimum atomic E-state index is 0.143. The quantitative estimate of drug-likeness (QED) is 0.794. The lowest BCUT2D eigenvalue weighted by Crippen LogP contribution is -2.56. The first-order valence-corrected chi connectivity index (χ1v) is 10.1. The zero-order valence-electron chi connectivity index (χ0n) is 15.7. The van der Waals surface area contributed by atoms with E-state index in [0.29, 0.717) is 5.91 Å². The Balaban J connectivity index is 1.45. The third-order valence-corrected chi connectivity index (χ3v) is 5.65. The Bertz CT molecular complexity index is 523. The van der Waals surface area contributed by atoms with Crippen molar-refractivity contribution in [1.82, 2.24) is 14.7 Å². The number of hydrogen-bond donors (Lipinski definition) is 0. The van der Waals surface area contributed by atoms with Crippen LogP contribution in [0.25, 0.3) is 0 Å². The molecule has 2 aliphatic rings. The van der Waals surface area contributed by atoms with Crippen LogP contribution < -0.4 is 0 Å². The second kappa shape index (κ2) is 9.35. The van der Waals surface area contributed by atoms with Crippen molar-refractivity contribution in [2.24, 2.45) is 0 Å². The van der Waals surface area contributed by atoms with E-state index >= 15 is 0 Å². The Morgan fingerprint density at radius 3 is 2.48 bits per heavy atom. The molecule has 1 aromatic rings. The topological polar surface area (TPSA) is 26.8 Å². The van der Waals surface area contributed by atoms with Gasteiger partial charge in [0.1, 0.15) is 0 Å². The average molecular weight is 344 g/mol. The molecule has 2 aliphatic heterocycles. The molecule has 3 rings (SSSR count). The summed E-state index contributed by atoms with van der Waals surface area (Å²) in [5.74, 6) is 0.385. The third-order valence-electron chi connectivity index (χ3n) is 5.65. The highest BCUT2D eigenvalue weighted by molar-refractivity contribution is 5.82. The van der Waals surface area contributed by atoms with Crippen LogP contribution in [0.15, 0.2) is 30.3 Å². The van der Waals surface area contributed by atoms with E-state index in [1.165, 1.54) is 18.4 Å². The summed E-state index contributed by atoms with van der Waals surface area (Å²) in [6.07, 6.45) is 5.73. The second-order valence-electron chi connectivity index (χ2n) is 7.45. The molecule has 0 spiro atoms. The average Bonchev–Trinajstić information content (AvgIpc) is 2.68. The van der Waals surface area contributed by atoms with Gasteiger partial charge in [0.05, 0.1) is 6.04 Å². The smallest absolute Gasteiger partial charge is 0.240 e. The van der Waals surface area contributed by atoms with Crippen LogP contribution in [0.2, 0.25) is 0 Å². The summed E-state index contributed by atoms with van der Waals surface area (Å²) in [6.45, 7) is 9.28. The van der Waals surface area contributed by atoms with Crippen LogP contribution in [0.1, 0.15) is 38.2 Å². The van der Waals surface area contributed by atoms with Gasteiger partial charge in [0.25, 0.3) is 0 Å². The molecular formula is C21H33N3O. The number of piperazine rings is 1. The van der Waals surface area contributed by atoms with Crippen molar-refractivity contribution in [3.05, 3.63) is 35.9 Å². The van der Waals surface area contributed by atoms with Crippen molar-refractivity contribution in [3.63, 3.8) is 0 Å². The van der Waals surface area contributed by atoms with Crippen LogP contribution in [0.3, 0.4) is 0 Å². The Kier molecular flexibility index (Phi) is 6.88. The molecule has 0 N–H and O–H groups in total. The van der Waals surface area contributed by atoms with Gasteiger partial charge >= 0.3 is 0 Å². The largest absolute Gasteiger partial charge is 0.339 e. The van der Waals surface area contributed by atoms with E-state index in [-0.39, 0.29) is 6.04 Å². The Hall–Kier alpha value is -1.39.